The molecule has 1 aromatic carbocycles. The third-order valence-corrected chi connectivity index (χ3v) is 5.58. The quantitative estimate of drug-likeness (QED) is 0.739. The van der Waals surface area contributed by atoms with Gasteiger partial charge in [-0.15, -0.1) is 11.3 Å². The van der Waals surface area contributed by atoms with E-state index >= 15 is 0 Å². The molecule has 5 nitrogen and oxygen atoms in total. The van der Waals surface area contributed by atoms with Gasteiger partial charge in [0, 0.05) is 23.6 Å². The molecular weight excluding hydrogens is 348 g/mol. The Morgan fingerprint density at radius 3 is 2.73 bits per heavy atom. The Bertz CT molecular complexity index is 708. The second-order valence-corrected chi connectivity index (χ2v) is 7.43. The zero-order valence-electron chi connectivity index (χ0n) is 15.4. The molecule has 2 aromatic rings. The average Bonchev–Trinajstić information content (AvgIpc) is 3.32. The van der Waals surface area contributed by atoms with E-state index in [4.69, 9.17) is 9.47 Å². The van der Waals surface area contributed by atoms with Gasteiger partial charge in [0.15, 0.2) is 0 Å². The number of aromatic nitrogens is 1. The molecule has 1 N–H and O–H groups in total. The van der Waals surface area contributed by atoms with Gasteiger partial charge in [-0.1, -0.05) is 12.8 Å². The van der Waals surface area contributed by atoms with E-state index in [0.717, 1.165) is 29.3 Å². The van der Waals surface area contributed by atoms with Crippen molar-refractivity contribution in [2.75, 3.05) is 6.61 Å². The molecule has 1 fully saturated rings. The molecule has 26 heavy (non-hydrogen) atoms. The molecule has 6 heteroatoms. The number of hydrogen-bond donors (Lipinski definition) is 1. The van der Waals surface area contributed by atoms with Gasteiger partial charge in [-0.05, 0) is 51.0 Å². The minimum absolute atomic E-state index is 0.00231. The fraction of sp³-hybridized carbons (Fsp3) is 0.500. The molecule has 3 rings (SSSR count). The molecule has 1 amide bonds. The Labute approximate surface area is 158 Å². The highest BCUT2D eigenvalue weighted by Gasteiger charge is 2.18. The van der Waals surface area contributed by atoms with Crippen molar-refractivity contribution in [1.82, 2.24) is 10.3 Å². The van der Waals surface area contributed by atoms with E-state index < -0.39 is 0 Å². The normalized spacial score (nSPS) is 15.8. The van der Waals surface area contributed by atoms with Crippen LogP contribution >= 0.6 is 11.3 Å². The summed E-state index contributed by atoms with van der Waals surface area (Å²) in [6.07, 6.45) is 4.60. The van der Waals surface area contributed by atoms with Crippen molar-refractivity contribution < 1.29 is 14.3 Å². The van der Waals surface area contributed by atoms with Crippen LogP contribution < -0.4 is 10.1 Å². The standard InChI is InChI=1S/C20H26N2O3S/c1-3-24-14(2)20-22-17(13-26-20)12-25-18-10-8-15(9-11-18)19(23)21-16-6-4-5-7-16/h8-11,13-14,16H,3-7,12H2,1-2H3,(H,21,23). The van der Waals surface area contributed by atoms with Crippen LogP contribution in [0.25, 0.3) is 0 Å². The lowest BCUT2D eigenvalue weighted by Gasteiger charge is -2.12. The van der Waals surface area contributed by atoms with E-state index in [1.807, 2.05) is 43.5 Å². The average molecular weight is 375 g/mol. The summed E-state index contributed by atoms with van der Waals surface area (Å²) in [4.78, 5) is 16.8. The molecule has 0 spiro atoms. The van der Waals surface area contributed by atoms with Crippen LogP contribution in [0.1, 0.15) is 66.7 Å². The van der Waals surface area contributed by atoms with E-state index in [1.165, 1.54) is 12.8 Å². The van der Waals surface area contributed by atoms with Crippen LogP contribution in [-0.4, -0.2) is 23.5 Å². The number of carbonyl (C=O) groups is 1. The van der Waals surface area contributed by atoms with Gasteiger partial charge in [-0.25, -0.2) is 4.98 Å². The maximum absolute atomic E-state index is 12.2. The topological polar surface area (TPSA) is 60.5 Å². The van der Waals surface area contributed by atoms with Crippen molar-refractivity contribution >= 4 is 17.2 Å². The Kier molecular flexibility index (Phi) is 6.63. The molecule has 0 radical (unpaired) electrons. The number of carbonyl (C=O) groups excluding carboxylic acids is 1. The molecule has 1 aliphatic rings. The SMILES string of the molecule is CCOC(C)c1nc(COc2ccc(C(=O)NC3CCCC3)cc2)cs1. The van der Waals surface area contributed by atoms with Crippen LogP contribution in [0.3, 0.4) is 0 Å². The van der Waals surface area contributed by atoms with Gasteiger partial charge in [-0.2, -0.15) is 0 Å². The molecule has 1 heterocycles. The molecular formula is C20H26N2O3S. The second kappa shape index (κ2) is 9.14. The Morgan fingerprint density at radius 1 is 1.31 bits per heavy atom. The Morgan fingerprint density at radius 2 is 2.04 bits per heavy atom. The van der Waals surface area contributed by atoms with E-state index in [-0.39, 0.29) is 12.0 Å². The first-order valence-electron chi connectivity index (χ1n) is 9.25. The van der Waals surface area contributed by atoms with Crippen molar-refractivity contribution in [2.24, 2.45) is 0 Å². The van der Waals surface area contributed by atoms with Crippen molar-refractivity contribution in [3.8, 4) is 5.75 Å². The first-order chi connectivity index (χ1) is 12.7. The Balaban J connectivity index is 1.50. The van der Waals surface area contributed by atoms with Crippen molar-refractivity contribution in [3.05, 3.63) is 45.9 Å². The fourth-order valence-corrected chi connectivity index (χ4v) is 3.90. The summed E-state index contributed by atoms with van der Waals surface area (Å²) in [5.41, 5.74) is 1.56. The van der Waals surface area contributed by atoms with E-state index in [9.17, 15) is 4.79 Å². The predicted molar refractivity (Wildman–Crippen MR) is 103 cm³/mol. The summed E-state index contributed by atoms with van der Waals surface area (Å²) in [6, 6.07) is 7.61. The van der Waals surface area contributed by atoms with Gasteiger partial charge in [0.05, 0.1) is 5.69 Å². The van der Waals surface area contributed by atoms with Gasteiger partial charge in [-0.3, -0.25) is 4.79 Å². The largest absolute Gasteiger partial charge is 0.487 e. The smallest absolute Gasteiger partial charge is 0.251 e. The summed E-state index contributed by atoms with van der Waals surface area (Å²) >= 11 is 1.59. The summed E-state index contributed by atoms with van der Waals surface area (Å²) in [6.45, 7) is 5.06. The summed E-state index contributed by atoms with van der Waals surface area (Å²) in [7, 11) is 0. The first-order valence-corrected chi connectivity index (χ1v) is 10.1. The maximum atomic E-state index is 12.2. The van der Waals surface area contributed by atoms with Gasteiger partial charge < -0.3 is 14.8 Å². The summed E-state index contributed by atoms with van der Waals surface area (Å²) < 4.78 is 11.3. The van der Waals surface area contributed by atoms with Crippen molar-refractivity contribution in [1.29, 1.82) is 0 Å². The number of nitrogens with zero attached hydrogens (tertiary/aromatic N) is 1. The van der Waals surface area contributed by atoms with Crippen LogP contribution in [0.4, 0.5) is 0 Å². The molecule has 0 bridgehead atoms. The van der Waals surface area contributed by atoms with E-state index in [2.05, 4.69) is 10.3 Å². The Hall–Kier alpha value is -1.92. The molecule has 1 aromatic heterocycles. The first kappa shape index (κ1) is 18.9. The third kappa shape index (κ3) is 5.05. The van der Waals surface area contributed by atoms with E-state index in [0.29, 0.717) is 24.8 Å². The highest BCUT2D eigenvalue weighted by molar-refractivity contribution is 7.09. The number of benzene rings is 1. The molecule has 0 saturated heterocycles. The van der Waals surface area contributed by atoms with Crippen LogP contribution in [-0.2, 0) is 11.3 Å². The van der Waals surface area contributed by atoms with Crippen LogP contribution in [0.15, 0.2) is 29.6 Å². The predicted octanol–water partition coefficient (Wildman–Crippen LogP) is 4.49. The number of hydrogen-bond acceptors (Lipinski definition) is 5. The summed E-state index contributed by atoms with van der Waals surface area (Å²) in [5, 5.41) is 6.05. The van der Waals surface area contributed by atoms with Crippen LogP contribution in [0.5, 0.6) is 5.75 Å². The number of nitrogens with one attached hydrogen (secondary N) is 1. The molecule has 0 aliphatic heterocycles. The maximum Gasteiger partial charge on any atom is 0.251 e. The number of ether oxygens (including phenoxy) is 2. The summed E-state index contributed by atoms with van der Waals surface area (Å²) in [5.74, 6) is 0.729. The monoisotopic (exact) mass is 374 g/mol. The zero-order valence-corrected chi connectivity index (χ0v) is 16.2. The number of thiazole rings is 1. The lowest BCUT2D eigenvalue weighted by Crippen LogP contribution is -2.32. The van der Waals surface area contributed by atoms with Crippen molar-refractivity contribution in [2.45, 2.75) is 58.3 Å². The van der Waals surface area contributed by atoms with E-state index in [1.54, 1.807) is 11.3 Å². The highest BCUT2D eigenvalue weighted by atomic mass is 32.1. The van der Waals surface area contributed by atoms with Gasteiger partial charge in [0.2, 0.25) is 0 Å². The molecule has 1 saturated carbocycles. The van der Waals surface area contributed by atoms with Crippen LogP contribution in [0, 0.1) is 0 Å². The molecule has 140 valence electrons. The zero-order chi connectivity index (χ0) is 18.4. The minimum Gasteiger partial charge on any atom is -0.487 e. The molecule has 1 aliphatic carbocycles. The lowest BCUT2D eigenvalue weighted by atomic mass is 10.1. The third-order valence-electron chi connectivity index (χ3n) is 4.53. The second-order valence-electron chi connectivity index (χ2n) is 6.54. The number of amides is 1. The van der Waals surface area contributed by atoms with Crippen LogP contribution in [0.2, 0.25) is 0 Å². The molecule has 1 atom stereocenters. The minimum atomic E-state index is -0.00231. The van der Waals surface area contributed by atoms with Gasteiger partial charge >= 0.3 is 0 Å². The molecule has 1 unspecified atom stereocenters. The fourth-order valence-electron chi connectivity index (χ4n) is 3.10. The van der Waals surface area contributed by atoms with Gasteiger partial charge in [0.25, 0.3) is 5.91 Å². The highest BCUT2D eigenvalue weighted by Crippen LogP contribution is 2.22. The van der Waals surface area contributed by atoms with Crippen molar-refractivity contribution in [3.63, 3.8) is 0 Å². The van der Waals surface area contributed by atoms with Gasteiger partial charge in [0.1, 0.15) is 23.5 Å². The number of rotatable bonds is 8. The lowest BCUT2D eigenvalue weighted by molar-refractivity contribution is 0.0760.